The fourth-order valence-corrected chi connectivity index (χ4v) is 2.86. The van der Waals surface area contributed by atoms with Gasteiger partial charge in [-0.3, -0.25) is 14.3 Å². The van der Waals surface area contributed by atoms with Crippen molar-refractivity contribution >= 4 is 11.2 Å². The highest BCUT2D eigenvalue weighted by Gasteiger charge is 2.24. The van der Waals surface area contributed by atoms with Gasteiger partial charge in [0.15, 0.2) is 11.2 Å². The van der Waals surface area contributed by atoms with Gasteiger partial charge >= 0.3 is 5.69 Å². The number of methoxy groups -OCH3 is 1. The molecule has 2 aromatic heterocycles. The van der Waals surface area contributed by atoms with Crippen LogP contribution in [0.15, 0.2) is 40.2 Å². The molecule has 0 aliphatic heterocycles. The van der Waals surface area contributed by atoms with Crippen LogP contribution in [0.1, 0.15) is 18.4 Å². The molecule has 1 N–H and O–H groups in total. The van der Waals surface area contributed by atoms with Crippen LogP contribution in [0.2, 0.25) is 0 Å². The Balaban J connectivity index is 1.75. The summed E-state index contributed by atoms with van der Waals surface area (Å²) in [6, 6.07) is 7.64. The van der Waals surface area contributed by atoms with Gasteiger partial charge in [-0.1, -0.05) is 12.1 Å². The number of ether oxygens (including phenoxy) is 1. The van der Waals surface area contributed by atoms with Crippen molar-refractivity contribution in [2.75, 3.05) is 7.11 Å². The van der Waals surface area contributed by atoms with Gasteiger partial charge in [-0.25, -0.2) is 9.78 Å². The molecule has 1 fully saturated rings. The molecular formula is C17H18N4O3. The lowest BCUT2D eigenvalue weighted by Crippen LogP contribution is -2.36. The minimum atomic E-state index is -0.380. The van der Waals surface area contributed by atoms with E-state index in [1.807, 2.05) is 24.3 Å². The first-order valence-electron chi connectivity index (χ1n) is 7.96. The number of nitrogens with zero attached hydrogens (tertiary/aromatic N) is 3. The first-order valence-corrected chi connectivity index (χ1v) is 7.96. The number of fused-ring (bicyclic) bond motifs is 1. The second-order valence-electron chi connectivity index (χ2n) is 6.21. The van der Waals surface area contributed by atoms with E-state index in [9.17, 15) is 9.59 Å². The largest absolute Gasteiger partial charge is 0.497 e. The average molecular weight is 326 g/mol. The predicted octanol–water partition coefficient (Wildman–Crippen LogP) is 1.35. The third-order valence-electron chi connectivity index (χ3n) is 4.41. The zero-order chi connectivity index (χ0) is 16.7. The Labute approximate surface area is 137 Å². The highest BCUT2D eigenvalue weighted by molar-refractivity contribution is 5.69. The summed E-state index contributed by atoms with van der Waals surface area (Å²) in [6.45, 7) is 0.989. The van der Waals surface area contributed by atoms with E-state index in [2.05, 4.69) is 9.97 Å². The molecule has 0 amide bonds. The van der Waals surface area contributed by atoms with Crippen LogP contribution in [0.3, 0.4) is 0 Å². The Hall–Kier alpha value is -2.83. The summed E-state index contributed by atoms with van der Waals surface area (Å²) in [6.07, 6.45) is 3.75. The van der Waals surface area contributed by atoms with E-state index in [1.165, 1.54) is 4.57 Å². The quantitative estimate of drug-likeness (QED) is 0.767. The van der Waals surface area contributed by atoms with Crippen molar-refractivity contribution in [1.29, 1.82) is 0 Å². The molecular weight excluding hydrogens is 308 g/mol. The van der Waals surface area contributed by atoms with Gasteiger partial charge in [0, 0.05) is 13.1 Å². The molecule has 7 heteroatoms. The number of aromatic amines is 1. The first-order chi connectivity index (χ1) is 11.7. The van der Waals surface area contributed by atoms with E-state index < -0.39 is 0 Å². The van der Waals surface area contributed by atoms with Crippen LogP contribution in [0.5, 0.6) is 5.75 Å². The molecule has 1 aliphatic carbocycles. The van der Waals surface area contributed by atoms with E-state index in [-0.39, 0.29) is 11.2 Å². The van der Waals surface area contributed by atoms with Crippen molar-refractivity contribution in [2.45, 2.75) is 25.9 Å². The van der Waals surface area contributed by atoms with Crippen molar-refractivity contribution in [3.05, 3.63) is 57.0 Å². The van der Waals surface area contributed by atoms with Gasteiger partial charge in [-0.2, -0.15) is 0 Å². The molecule has 24 heavy (non-hydrogen) atoms. The molecule has 0 radical (unpaired) electrons. The molecule has 1 aliphatic rings. The summed E-state index contributed by atoms with van der Waals surface area (Å²) < 4.78 is 8.23. The maximum atomic E-state index is 12.7. The van der Waals surface area contributed by atoms with Gasteiger partial charge in [0.1, 0.15) is 5.75 Å². The summed E-state index contributed by atoms with van der Waals surface area (Å²) in [5, 5.41) is 0. The molecule has 1 aromatic carbocycles. The van der Waals surface area contributed by atoms with Gasteiger partial charge in [-0.15, -0.1) is 0 Å². The predicted molar refractivity (Wildman–Crippen MR) is 89.4 cm³/mol. The molecule has 124 valence electrons. The Bertz CT molecular complexity index is 993. The number of aromatic nitrogens is 4. The molecule has 0 unspecified atom stereocenters. The van der Waals surface area contributed by atoms with Gasteiger partial charge in [-0.05, 0) is 36.5 Å². The minimum Gasteiger partial charge on any atom is -0.497 e. The number of benzene rings is 1. The van der Waals surface area contributed by atoms with Crippen molar-refractivity contribution in [3.63, 3.8) is 0 Å². The first kappa shape index (κ1) is 14.7. The van der Waals surface area contributed by atoms with Crippen LogP contribution in [-0.4, -0.2) is 26.2 Å². The van der Waals surface area contributed by atoms with E-state index in [0.717, 1.165) is 24.2 Å². The second kappa shape index (κ2) is 5.67. The number of hydrogen-bond donors (Lipinski definition) is 1. The van der Waals surface area contributed by atoms with Crippen molar-refractivity contribution in [3.8, 4) is 5.75 Å². The Kier molecular flexibility index (Phi) is 3.48. The summed E-state index contributed by atoms with van der Waals surface area (Å²) in [5.41, 5.74) is 1.15. The normalized spacial score (nSPS) is 14.2. The smallest absolute Gasteiger partial charge is 0.330 e. The van der Waals surface area contributed by atoms with E-state index in [0.29, 0.717) is 30.2 Å². The summed E-state index contributed by atoms with van der Waals surface area (Å²) in [4.78, 5) is 31.7. The fraction of sp³-hybridized carbons (Fsp3) is 0.353. The van der Waals surface area contributed by atoms with Crippen LogP contribution in [-0.2, 0) is 13.1 Å². The van der Waals surface area contributed by atoms with Crippen LogP contribution in [0, 0.1) is 5.92 Å². The number of H-pyrrole nitrogens is 1. The van der Waals surface area contributed by atoms with Crippen LogP contribution in [0.4, 0.5) is 0 Å². The molecule has 3 aromatic rings. The lowest BCUT2D eigenvalue weighted by Gasteiger charge is -2.07. The topological polar surface area (TPSA) is 81.9 Å². The van der Waals surface area contributed by atoms with Crippen LogP contribution < -0.4 is 16.0 Å². The summed E-state index contributed by atoms with van der Waals surface area (Å²) >= 11 is 0. The second-order valence-corrected chi connectivity index (χ2v) is 6.21. The SMILES string of the molecule is COc1ccc(Cn2cnc3[nH]c(=O)n(CC4CC4)c(=O)c32)cc1. The molecule has 0 saturated heterocycles. The van der Waals surface area contributed by atoms with Gasteiger partial charge in [0.25, 0.3) is 5.56 Å². The Morgan fingerprint density at radius 2 is 2.00 bits per heavy atom. The summed E-state index contributed by atoms with van der Waals surface area (Å²) in [7, 11) is 1.62. The lowest BCUT2D eigenvalue weighted by atomic mass is 10.2. The third-order valence-corrected chi connectivity index (χ3v) is 4.41. The number of imidazole rings is 1. The molecule has 1 saturated carbocycles. The molecule has 7 nitrogen and oxygen atoms in total. The third kappa shape index (κ3) is 2.62. The van der Waals surface area contributed by atoms with Gasteiger partial charge in [0.2, 0.25) is 0 Å². The van der Waals surface area contributed by atoms with Gasteiger partial charge in [0.05, 0.1) is 13.4 Å². The fourth-order valence-electron chi connectivity index (χ4n) is 2.86. The van der Waals surface area contributed by atoms with Crippen molar-refractivity contribution in [1.82, 2.24) is 19.1 Å². The molecule has 2 heterocycles. The van der Waals surface area contributed by atoms with E-state index >= 15 is 0 Å². The average Bonchev–Trinajstić information content (AvgIpc) is 3.33. The zero-order valence-electron chi connectivity index (χ0n) is 13.4. The lowest BCUT2D eigenvalue weighted by molar-refractivity contribution is 0.414. The minimum absolute atomic E-state index is 0.272. The maximum Gasteiger partial charge on any atom is 0.330 e. The monoisotopic (exact) mass is 326 g/mol. The maximum absolute atomic E-state index is 12.7. The Morgan fingerprint density at radius 1 is 1.25 bits per heavy atom. The molecule has 0 atom stereocenters. The molecule has 0 spiro atoms. The highest BCUT2D eigenvalue weighted by atomic mass is 16.5. The zero-order valence-corrected chi connectivity index (χ0v) is 13.4. The Morgan fingerprint density at radius 3 is 2.67 bits per heavy atom. The van der Waals surface area contributed by atoms with Crippen LogP contribution >= 0.6 is 0 Å². The van der Waals surface area contributed by atoms with Crippen molar-refractivity contribution < 1.29 is 4.74 Å². The van der Waals surface area contributed by atoms with Crippen LogP contribution in [0.25, 0.3) is 11.2 Å². The van der Waals surface area contributed by atoms with E-state index in [1.54, 1.807) is 18.0 Å². The number of hydrogen-bond acceptors (Lipinski definition) is 4. The van der Waals surface area contributed by atoms with Gasteiger partial charge < -0.3 is 9.30 Å². The molecule has 0 bridgehead atoms. The highest BCUT2D eigenvalue weighted by Crippen LogP contribution is 2.29. The number of rotatable bonds is 5. The standard InChI is InChI=1S/C17H18N4O3/c1-24-13-6-4-11(5-7-13)8-20-10-18-15-14(20)16(22)21(17(23)19-15)9-12-2-3-12/h4-7,10,12H,2-3,8-9H2,1H3,(H,19,23). The summed E-state index contributed by atoms with van der Waals surface area (Å²) in [5.74, 6) is 1.23. The van der Waals surface area contributed by atoms with E-state index in [4.69, 9.17) is 4.74 Å². The molecule has 4 rings (SSSR count). The number of nitrogens with one attached hydrogen (secondary N) is 1. The van der Waals surface area contributed by atoms with Crippen molar-refractivity contribution in [2.24, 2.45) is 5.92 Å².